The molecular formula is C24H38O4. The van der Waals surface area contributed by atoms with Crippen molar-refractivity contribution >= 4 is 12.4 Å². The van der Waals surface area contributed by atoms with Crippen LogP contribution in [0.2, 0.25) is 0 Å². The maximum atomic E-state index is 11.2. The lowest BCUT2D eigenvalue weighted by atomic mass is 9.86. The van der Waals surface area contributed by atoms with Crippen LogP contribution in [0, 0.1) is 19.3 Å². The molecule has 0 radical (unpaired) electrons. The molecule has 0 unspecified atom stereocenters. The molecule has 0 saturated heterocycles. The number of aryl methyl sites for hydroxylation is 3. The van der Waals surface area contributed by atoms with E-state index in [1.165, 1.54) is 22.3 Å². The minimum Gasteiger partial charge on any atom is -0.481 e. The highest BCUT2D eigenvalue weighted by Gasteiger charge is 2.26. The highest BCUT2D eigenvalue weighted by Crippen LogP contribution is 2.26. The Balaban J connectivity index is 2.58. The number of rotatable bonds is 13. The zero-order valence-corrected chi connectivity index (χ0v) is 18.6. The van der Waals surface area contributed by atoms with Crippen molar-refractivity contribution in [2.75, 3.05) is 0 Å². The summed E-state index contributed by atoms with van der Waals surface area (Å²) in [5.74, 6) is -0.719. The zero-order valence-electron chi connectivity index (χ0n) is 18.6. The topological polar surface area (TPSA) is 63.6 Å². The van der Waals surface area contributed by atoms with E-state index < -0.39 is 17.0 Å². The zero-order chi connectivity index (χ0) is 21.4. The number of carbonyl (C=O) groups excluding carboxylic acids is 1. The molecule has 0 heterocycles. The molecule has 1 aromatic carbocycles. The van der Waals surface area contributed by atoms with E-state index in [-0.39, 0.29) is 0 Å². The Morgan fingerprint density at radius 2 is 1.46 bits per heavy atom. The standard InChI is InChI=1S/C24H38O4/c1-18-15-20(11-7-9-13-23(3,4)22(26)27)19(2)21(16-18)12-8-10-14-24(5,6)28-17-25/h15-17H,7-14H2,1-6H3,(H,26,27). The van der Waals surface area contributed by atoms with Crippen molar-refractivity contribution < 1.29 is 19.4 Å². The summed E-state index contributed by atoms with van der Waals surface area (Å²) in [4.78, 5) is 21.8. The van der Waals surface area contributed by atoms with Gasteiger partial charge in [-0.15, -0.1) is 0 Å². The van der Waals surface area contributed by atoms with E-state index in [2.05, 4.69) is 26.0 Å². The molecule has 0 aliphatic heterocycles. The molecule has 0 aliphatic rings. The summed E-state index contributed by atoms with van der Waals surface area (Å²) in [6, 6.07) is 4.54. The van der Waals surface area contributed by atoms with Crippen LogP contribution in [-0.4, -0.2) is 23.1 Å². The average molecular weight is 391 g/mol. The van der Waals surface area contributed by atoms with Crippen LogP contribution in [0.3, 0.4) is 0 Å². The second-order valence-corrected chi connectivity index (χ2v) is 9.29. The van der Waals surface area contributed by atoms with E-state index in [1.54, 1.807) is 13.8 Å². The fourth-order valence-electron chi connectivity index (χ4n) is 3.58. The third-order valence-electron chi connectivity index (χ3n) is 5.69. The molecule has 28 heavy (non-hydrogen) atoms. The predicted molar refractivity (Wildman–Crippen MR) is 114 cm³/mol. The van der Waals surface area contributed by atoms with Gasteiger partial charge in [0.25, 0.3) is 6.47 Å². The van der Waals surface area contributed by atoms with Gasteiger partial charge in [0.2, 0.25) is 0 Å². The van der Waals surface area contributed by atoms with Gasteiger partial charge >= 0.3 is 5.97 Å². The first kappa shape index (κ1) is 24.2. The minimum absolute atomic E-state index is 0.391. The molecular weight excluding hydrogens is 352 g/mol. The fraction of sp³-hybridized carbons (Fsp3) is 0.667. The molecule has 0 atom stereocenters. The number of unbranched alkanes of at least 4 members (excludes halogenated alkanes) is 2. The summed E-state index contributed by atoms with van der Waals surface area (Å²) in [7, 11) is 0. The van der Waals surface area contributed by atoms with Crippen LogP contribution in [0.15, 0.2) is 12.1 Å². The van der Waals surface area contributed by atoms with Crippen LogP contribution >= 0.6 is 0 Å². The van der Waals surface area contributed by atoms with E-state index in [0.29, 0.717) is 12.9 Å². The third-order valence-corrected chi connectivity index (χ3v) is 5.69. The molecule has 0 aromatic heterocycles. The largest absolute Gasteiger partial charge is 0.481 e. The van der Waals surface area contributed by atoms with Crippen molar-refractivity contribution in [1.29, 1.82) is 0 Å². The van der Waals surface area contributed by atoms with Crippen molar-refractivity contribution in [2.24, 2.45) is 5.41 Å². The van der Waals surface area contributed by atoms with Gasteiger partial charge in [0.15, 0.2) is 0 Å². The van der Waals surface area contributed by atoms with Gasteiger partial charge in [-0.05, 0) is 103 Å². The van der Waals surface area contributed by atoms with Gasteiger partial charge in [0.05, 0.1) is 5.41 Å². The Morgan fingerprint density at radius 3 is 1.93 bits per heavy atom. The predicted octanol–water partition coefficient (Wildman–Crippen LogP) is 5.79. The molecule has 158 valence electrons. The maximum absolute atomic E-state index is 11.2. The lowest BCUT2D eigenvalue weighted by Crippen LogP contribution is -2.23. The number of aliphatic carboxylic acids is 1. The molecule has 0 aliphatic carbocycles. The number of ether oxygens (including phenoxy) is 1. The quantitative estimate of drug-likeness (QED) is 0.342. The van der Waals surface area contributed by atoms with Gasteiger partial charge in [0.1, 0.15) is 5.60 Å². The highest BCUT2D eigenvalue weighted by atomic mass is 16.5. The van der Waals surface area contributed by atoms with Crippen LogP contribution in [0.1, 0.15) is 88.5 Å². The summed E-state index contributed by atoms with van der Waals surface area (Å²) in [5.41, 5.74) is 4.40. The van der Waals surface area contributed by atoms with Gasteiger partial charge in [-0.2, -0.15) is 0 Å². The van der Waals surface area contributed by atoms with E-state index in [4.69, 9.17) is 4.74 Å². The van der Waals surface area contributed by atoms with E-state index in [1.807, 2.05) is 13.8 Å². The Bertz CT molecular complexity index is 659. The fourth-order valence-corrected chi connectivity index (χ4v) is 3.58. The normalized spacial score (nSPS) is 12.1. The molecule has 1 rings (SSSR count). The van der Waals surface area contributed by atoms with Crippen LogP contribution < -0.4 is 0 Å². The smallest absolute Gasteiger partial charge is 0.309 e. The molecule has 4 nitrogen and oxygen atoms in total. The van der Waals surface area contributed by atoms with Crippen molar-refractivity contribution in [1.82, 2.24) is 0 Å². The van der Waals surface area contributed by atoms with Crippen LogP contribution in [-0.2, 0) is 27.2 Å². The second kappa shape index (κ2) is 10.6. The number of benzene rings is 1. The van der Waals surface area contributed by atoms with Gasteiger partial charge in [0, 0.05) is 0 Å². The Labute approximate surface area is 170 Å². The SMILES string of the molecule is Cc1cc(CCCCC(C)(C)OC=O)c(C)c(CCCCC(C)(C)C(=O)O)c1. The van der Waals surface area contributed by atoms with Gasteiger partial charge in [-0.3, -0.25) is 9.59 Å². The van der Waals surface area contributed by atoms with Crippen molar-refractivity contribution in [2.45, 2.75) is 98.5 Å². The van der Waals surface area contributed by atoms with Crippen LogP contribution in [0.5, 0.6) is 0 Å². The summed E-state index contributed by atoms with van der Waals surface area (Å²) < 4.78 is 5.12. The highest BCUT2D eigenvalue weighted by molar-refractivity contribution is 5.73. The minimum atomic E-state index is -0.719. The first-order valence-electron chi connectivity index (χ1n) is 10.4. The molecule has 0 saturated carbocycles. The summed E-state index contributed by atoms with van der Waals surface area (Å²) >= 11 is 0. The molecule has 0 amide bonds. The summed E-state index contributed by atoms with van der Waals surface area (Å²) in [5, 5.41) is 9.23. The number of carboxylic acids is 1. The molecule has 1 N–H and O–H groups in total. The molecule has 4 heteroatoms. The van der Waals surface area contributed by atoms with E-state index in [9.17, 15) is 14.7 Å². The monoisotopic (exact) mass is 390 g/mol. The average Bonchev–Trinajstić information content (AvgIpc) is 2.58. The van der Waals surface area contributed by atoms with Crippen molar-refractivity contribution in [3.8, 4) is 0 Å². The van der Waals surface area contributed by atoms with Crippen LogP contribution in [0.25, 0.3) is 0 Å². The number of carboxylic acid groups (broad SMARTS) is 1. The Morgan fingerprint density at radius 1 is 0.964 bits per heavy atom. The Hall–Kier alpha value is -1.84. The third kappa shape index (κ3) is 8.04. The van der Waals surface area contributed by atoms with Gasteiger partial charge < -0.3 is 9.84 Å². The molecule has 0 fully saturated rings. The van der Waals surface area contributed by atoms with Crippen LogP contribution in [0.4, 0.5) is 0 Å². The lowest BCUT2D eigenvalue weighted by Gasteiger charge is -2.22. The summed E-state index contributed by atoms with van der Waals surface area (Å²) in [6.45, 7) is 12.4. The lowest BCUT2D eigenvalue weighted by molar-refractivity contribution is -0.147. The number of carbonyl (C=O) groups is 2. The maximum Gasteiger partial charge on any atom is 0.309 e. The first-order valence-corrected chi connectivity index (χ1v) is 10.4. The van der Waals surface area contributed by atoms with Crippen molar-refractivity contribution in [3.05, 3.63) is 34.4 Å². The molecule has 0 bridgehead atoms. The summed E-state index contributed by atoms with van der Waals surface area (Å²) in [6.07, 6.45) is 7.63. The number of hydrogen-bond donors (Lipinski definition) is 1. The first-order chi connectivity index (χ1) is 13.0. The van der Waals surface area contributed by atoms with Crippen molar-refractivity contribution in [3.63, 3.8) is 0 Å². The van der Waals surface area contributed by atoms with Gasteiger partial charge in [-0.25, -0.2) is 0 Å². The van der Waals surface area contributed by atoms with E-state index >= 15 is 0 Å². The molecule has 0 spiro atoms. The number of hydrogen-bond acceptors (Lipinski definition) is 3. The molecule has 1 aromatic rings. The Kier molecular flexibility index (Phi) is 9.19. The van der Waals surface area contributed by atoms with E-state index in [0.717, 1.165) is 44.9 Å². The van der Waals surface area contributed by atoms with Gasteiger partial charge in [-0.1, -0.05) is 24.1 Å². The second-order valence-electron chi connectivity index (χ2n) is 9.29.